The number of rotatable bonds is 4. The number of aliphatic imine (C=N–C) groups is 1. The van der Waals surface area contributed by atoms with E-state index in [1.54, 1.807) is 0 Å². The van der Waals surface area contributed by atoms with E-state index in [2.05, 4.69) is 24.2 Å². The highest BCUT2D eigenvalue weighted by molar-refractivity contribution is 5.78. The van der Waals surface area contributed by atoms with Crippen LogP contribution >= 0.6 is 0 Å². The summed E-state index contributed by atoms with van der Waals surface area (Å²) in [4.78, 5) is 4.20. The van der Waals surface area contributed by atoms with Gasteiger partial charge in [0, 0.05) is 25.1 Å². The first kappa shape index (κ1) is 11.3. The maximum absolute atomic E-state index is 5.73. The van der Waals surface area contributed by atoms with E-state index in [1.807, 2.05) is 0 Å². The van der Waals surface area contributed by atoms with Crippen molar-refractivity contribution in [1.82, 2.24) is 5.32 Å². The molecule has 0 spiro atoms. The van der Waals surface area contributed by atoms with Gasteiger partial charge in [-0.25, -0.2) is 0 Å². The molecule has 1 rings (SSSR count). The Morgan fingerprint density at radius 1 is 1.71 bits per heavy atom. The first-order valence-electron chi connectivity index (χ1n) is 5.38. The molecule has 2 unspecified atom stereocenters. The molecule has 4 heteroatoms. The molecule has 0 aromatic carbocycles. The fraction of sp³-hybridized carbons (Fsp3) is 0.900. The second kappa shape index (κ2) is 5.86. The van der Waals surface area contributed by atoms with Crippen LogP contribution in [0, 0.1) is 5.92 Å². The number of nitrogens with zero attached hydrogens (tertiary/aromatic N) is 1. The number of nitrogens with one attached hydrogen (secondary N) is 1. The van der Waals surface area contributed by atoms with Crippen molar-refractivity contribution in [2.75, 3.05) is 19.8 Å². The molecule has 4 nitrogen and oxygen atoms in total. The second-order valence-electron chi connectivity index (χ2n) is 3.82. The summed E-state index contributed by atoms with van der Waals surface area (Å²) in [5, 5.41) is 3.20. The summed E-state index contributed by atoms with van der Waals surface area (Å²) in [6, 6.07) is 0.359. The van der Waals surface area contributed by atoms with Gasteiger partial charge in [-0.3, -0.25) is 4.99 Å². The minimum Gasteiger partial charge on any atom is -0.381 e. The summed E-state index contributed by atoms with van der Waals surface area (Å²) in [5.74, 6) is 1.14. The molecule has 1 aliphatic rings. The zero-order valence-corrected chi connectivity index (χ0v) is 9.12. The van der Waals surface area contributed by atoms with Gasteiger partial charge in [-0.2, -0.15) is 0 Å². The van der Waals surface area contributed by atoms with Gasteiger partial charge in [0.25, 0.3) is 0 Å². The summed E-state index contributed by atoms with van der Waals surface area (Å²) in [6.45, 7) is 6.74. The Kier molecular flexibility index (Phi) is 4.73. The monoisotopic (exact) mass is 199 g/mol. The molecule has 0 aromatic rings. The van der Waals surface area contributed by atoms with Crippen LogP contribution in [0.25, 0.3) is 0 Å². The molecule has 0 amide bonds. The molecule has 1 fully saturated rings. The summed E-state index contributed by atoms with van der Waals surface area (Å²) in [5.41, 5.74) is 5.73. The van der Waals surface area contributed by atoms with Crippen molar-refractivity contribution in [1.29, 1.82) is 0 Å². The third-order valence-electron chi connectivity index (χ3n) is 2.55. The summed E-state index contributed by atoms with van der Waals surface area (Å²) in [6.07, 6.45) is 2.15. The van der Waals surface area contributed by atoms with Crippen molar-refractivity contribution in [2.24, 2.45) is 16.6 Å². The Hall–Kier alpha value is -0.770. The highest BCUT2D eigenvalue weighted by atomic mass is 16.5. The normalized spacial score (nSPS) is 25.0. The van der Waals surface area contributed by atoms with Crippen LogP contribution in [0.2, 0.25) is 0 Å². The first-order valence-corrected chi connectivity index (χ1v) is 5.38. The maximum Gasteiger partial charge on any atom is 0.188 e. The van der Waals surface area contributed by atoms with Crippen molar-refractivity contribution in [3.8, 4) is 0 Å². The molecular weight excluding hydrogens is 178 g/mol. The molecule has 3 N–H and O–H groups in total. The van der Waals surface area contributed by atoms with Gasteiger partial charge in [-0.05, 0) is 19.8 Å². The number of hydrogen-bond acceptors (Lipinski definition) is 2. The third-order valence-corrected chi connectivity index (χ3v) is 2.55. The Bertz CT molecular complexity index is 188. The van der Waals surface area contributed by atoms with Gasteiger partial charge in [-0.15, -0.1) is 0 Å². The molecule has 1 saturated heterocycles. The van der Waals surface area contributed by atoms with Gasteiger partial charge in [-0.1, -0.05) is 6.92 Å². The average molecular weight is 199 g/mol. The average Bonchev–Trinajstić information content (AvgIpc) is 2.67. The topological polar surface area (TPSA) is 59.6 Å². The van der Waals surface area contributed by atoms with E-state index in [0.29, 0.717) is 17.9 Å². The van der Waals surface area contributed by atoms with Crippen LogP contribution in [-0.4, -0.2) is 31.8 Å². The standard InChI is InChI=1S/C10H21N3O/c1-3-5-12-10(11)13-8(2)9-4-6-14-7-9/h8-9H,3-7H2,1-2H3,(H3,11,12,13). The molecule has 14 heavy (non-hydrogen) atoms. The van der Waals surface area contributed by atoms with Crippen LogP contribution in [0.4, 0.5) is 0 Å². The summed E-state index contributed by atoms with van der Waals surface area (Å²) < 4.78 is 5.32. The van der Waals surface area contributed by atoms with E-state index in [-0.39, 0.29) is 0 Å². The Labute approximate surface area is 85.9 Å². The molecule has 0 saturated carbocycles. The van der Waals surface area contributed by atoms with E-state index < -0.39 is 0 Å². The highest BCUT2D eigenvalue weighted by Gasteiger charge is 2.22. The molecule has 0 aliphatic carbocycles. The van der Waals surface area contributed by atoms with Crippen LogP contribution in [-0.2, 0) is 4.74 Å². The lowest BCUT2D eigenvalue weighted by Crippen LogP contribution is -2.42. The number of guanidine groups is 1. The van der Waals surface area contributed by atoms with Crippen molar-refractivity contribution in [3.63, 3.8) is 0 Å². The molecule has 82 valence electrons. The van der Waals surface area contributed by atoms with E-state index >= 15 is 0 Å². The molecule has 1 heterocycles. The minimum absolute atomic E-state index is 0.359. The first-order chi connectivity index (χ1) is 6.74. The zero-order valence-electron chi connectivity index (χ0n) is 9.12. The fourth-order valence-electron chi connectivity index (χ4n) is 1.58. The lowest BCUT2D eigenvalue weighted by Gasteiger charge is -2.19. The van der Waals surface area contributed by atoms with Gasteiger partial charge < -0.3 is 15.8 Å². The van der Waals surface area contributed by atoms with Crippen LogP contribution in [0.3, 0.4) is 0 Å². The molecule has 2 atom stereocenters. The predicted octanol–water partition coefficient (Wildman–Crippen LogP) is 0.726. The number of ether oxygens (including phenoxy) is 1. The second-order valence-corrected chi connectivity index (χ2v) is 3.82. The molecule has 0 aromatic heterocycles. The van der Waals surface area contributed by atoms with Crippen LogP contribution in [0.1, 0.15) is 26.7 Å². The summed E-state index contributed by atoms with van der Waals surface area (Å²) in [7, 11) is 0. The third kappa shape index (κ3) is 3.54. The van der Waals surface area contributed by atoms with Crippen LogP contribution in [0.5, 0.6) is 0 Å². The van der Waals surface area contributed by atoms with Crippen molar-refractivity contribution >= 4 is 5.96 Å². The predicted molar refractivity (Wildman–Crippen MR) is 58.3 cm³/mol. The number of nitrogens with two attached hydrogens (primary N) is 1. The van der Waals surface area contributed by atoms with Gasteiger partial charge >= 0.3 is 0 Å². The Morgan fingerprint density at radius 3 is 3.07 bits per heavy atom. The fourth-order valence-corrected chi connectivity index (χ4v) is 1.58. The largest absolute Gasteiger partial charge is 0.381 e. The Morgan fingerprint density at radius 2 is 2.50 bits per heavy atom. The maximum atomic E-state index is 5.73. The van der Waals surface area contributed by atoms with Gasteiger partial charge in [0.1, 0.15) is 0 Å². The molecular formula is C10H21N3O. The summed E-state index contributed by atoms with van der Waals surface area (Å²) >= 11 is 0. The van der Waals surface area contributed by atoms with Crippen molar-refractivity contribution in [2.45, 2.75) is 32.7 Å². The highest BCUT2D eigenvalue weighted by Crippen LogP contribution is 2.15. The van der Waals surface area contributed by atoms with E-state index in [4.69, 9.17) is 10.5 Å². The van der Waals surface area contributed by atoms with E-state index in [0.717, 1.165) is 32.6 Å². The zero-order chi connectivity index (χ0) is 10.4. The molecule has 0 radical (unpaired) electrons. The van der Waals surface area contributed by atoms with Gasteiger partial charge in [0.15, 0.2) is 5.96 Å². The van der Waals surface area contributed by atoms with Crippen LogP contribution in [0.15, 0.2) is 4.99 Å². The molecule has 0 bridgehead atoms. The SMILES string of the molecule is CCCN=C(N)NC(C)C1CCOC1. The van der Waals surface area contributed by atoms with Crippen molar-refractivity contribution < 1.29 is 4.74 Å². The minimum atomic E-state index is 0.359. The van der Waals surface area contributed by atoms with Crippen LogP contribution < -0.4 is 11.1 Å². The smallest absolute Gasteiger partial charge is 0.188 e. The van der Waals surface area contributed by atoms with E-state index in [9.17, 15) is 0 Å². The lowest BCUT2D eigenvalue weighted by atomic mass is 10.0. The number of hydrogen-bond donors (Lipinski definition) is 2. The van der Waals surface area contributed by atoms with Crippen molar-refractivity contribution in [3.05, 3.63) is 0 Å². The van der Waals surface area contributed by atoms with E-state index in [1.165, 1.54) is 0 Å². The molecule has 1 aliphatic heterocycles. The van der Waals surface area contributed by atoms with Gasteiger partial charge in [0.2, 0.25) is 0 Å². The van der Waals surface area contributed by atoms with Gasteiger partial charge in [0.05, 0.1) is 6.61 Å². The lowest BCUT2D eigenvalue weighted by molar-refractivity contribution is 0.180. The Balaban J connectivity index is 2.27. The quantitative estimate of drug-likeness (QED) is 0.518.